The third kappa shape index (κ3) is 5.14. The third-order valence-electron chi connectivity index (χ3n) is 8.55. The molecule has 0 saturated heterocycles. The van der Waals surface area contributed by atoms with E-state index in [9.17, 15) is 0 Å². The lowest BCUT2D eigenvalue weighted by atomic mass is 9.80. The Morgan fingerprint density at radius 2 is 0.865 bits per heavy atom. The van der Waals surface area contributed by atoms with Crippen LogP contribution in [0.4, 0.5) is 0 Å². The zero-order valence-electron chi connectivity index (χ0n) is 22.7. The van der Waals surface area contributed by atoms with Crippen molar-refractivity contribution < 1.29 is 0 Å². The van der Waals surface area contributed by atoms with Crippen molar-refractivity contribution in [1.29, 1.82) is 0 Å². The predicted molar refractivity (Wildman–Crippen MR) is 158 cm³/mol. The molecule has 4 N–H and O–H groups in total. The smallest absolute Gasteiger partial charge is 0.0381 e. The molecule has 0 amide bonds. The summed E-state index contributed by atoms with van der Waals surface area (Å²) < 4.78 is 0. The van der Waals surface area contributed by atoms with E-state index in [1.165, 1.54) is 51.8 Å². The van der Waals surface area contributed by atoms with Crippen LogP contribution in [0.2, 0.25) is 0 Å². The standard InChI is InChI=1S/C35H40N2/c1-5-24(6-2)25-7-9-26(10-8-25)29-21-30-23-31(22-29)28-13-17-33(18-14-28)35(4,37)20-19-34(3,36)32-15-11-27(30)12-16-32/h7-18,21-24H,5-6,19-20,36-37H2,1-4H3. The van der Waals surface area contributed by atoms with E-state index in [0.717, 1.165) is 24.0 Å². The third-order valence-corrected chi connectivity index (χ3v) is 8.55. The fourth-order valence-corrected chi connectivity index (χ4v) is 5.73. The van der Waals surface area contributed by atoms with Crippen LogP contribution >= 0.6 is 0 Å². The second-order valence-corrected chi connectivity index (χ2v) is 11.4. The molecule has 4 aliphatic rings. The molecule has 0 radical (unpaired) electrons. The first-order chi connectivity index (χ1) is 17.7. The normalized spacial score (nSPS) is 21.2. The van der Waals surface area contributed by atoms with Crippen molar-refractivity contribution in [3.8, 4) is 33.4 Å². The SMILES string of the molecule is CCC(CC)c1ccc(-c2cc3cc(c2)-c2ccc(cc2)C(C)(N)CCC(C)(N)c2ccc-3cc2)cc1. The van der Waals surface area contributed by atoms with Gasteiger partial charge in [-0.05, 0) is 114 Å². The van der Waals surface area contributed by atoms with Gasteiger partial charge in [0.05, 0.1) is 0 Å². The highest BCUT2D eigenvalue weighted by Crippen LogP contribution is 2.37. The molecule has 190 valence electrons. The summed E-state index contributed by atoms with van der Waals surface area (Å²) >= 11 is 0. The van der Waals surface area contributed by atoms with Gasteiger partial charge in [-0.2, -0.15) is 0 Å². The first-order valence-electron chi connectivity index (χ1n) is 13.7. The van der Waals surface area contributed by atoms with Crippen LogP contribution in [-0.2, 0) is 11.1 Å². The van der Waals surface area contributed by atoms with E-state index in [2.05, 4.69) is 119 Å². The molecule has 0 fully saturated rings. The van der Waals surface area contributed by atoms with Crippen LogP contribution in [0.25, 0.3) is 33.4 Å². The van der Waals surface area contributed by atoms with Gasteiger partial charge < -0.3 is 11.5 Å². The highest BCUT2D eigenvalue weighted by molar-refractivity contribution is 5.81. The lowest BCUT2D eigenvalue weighted by molar-refractivity contribution is 0.350. The van der Waals surface area contributed by atoms with Crippen molar-refractivity contribution in [2.24, 2.45) is 11.5 Å². The maximum absolute atomic E-state index is 6.82. The van der Waals surface area contributed by atoms with Gasteiger partial charge in [0.25, 0.3) is 0 Å². The number of hydrogen-bond donors (Lipinski definition) is 2. The molecule has 0 heterocycles. The number of nitrogens with two attached hydrogens (primary N) is 2. The van der Waals surface area contributed by atoms with Gasteiger partial charge in [-0.1, -0.05) is 86.6 Å². The van der Waals surface area contributed by atoms with Gasteiger partial charge in [0.1, 0.15) is 0 Å². The van der Waals surface area contributed by atoms with Gasteiger partial charge in [-0.15, -0.1) is 0 Å². The lowest BCUT2D eigenvalue weighted by Crippen LogP contribution is -2.39. The van der Waals surface area contributed by atoms with Gasteiger partial charge in [0, 0.05) is 11.1 Å². The van der Waals surface area contributed by atoms with Gasteiger partial charge in [0.2, 0.25) is 0 Å². The molecule has 2 atom stereocenters. The number of hydrogen-bond acceptors (Lipinski definition) is 2. The Bertz CT molecular complexity index is 1280. The van der Waals surface area contributed by atoms with E-state index in [1.54, 1.807) is 0 Å². The van der Waals surface area contributed by atoms with Crippen LogP contribution in [-0.4, -0.2) is 0 Å². The zero-order valence-corrected chi connectivity index (χ0v) is 22.7. The first kappa shape index (κ1) is 25.4. The molecule has 2 heteroatoms. The van der Waals surface area contributed by atoms with E-state index in [-0.39, 0.29) is 0 Å². The molecule has 0 aromatic heterocycles. The average Bonchev–Trinajstić information content (AvgIpc) is 2.93. The van der Waals surface area contributed by atoms with E-state index in [1.807, 2.05) is 0 Å². The number of rotatable bonds is 4. The summed E-state index contributed by atoms with van der Waals surface area (Å²) in [6, 6.07) is 33.7. The molecule has 4 aliphatic carbocycles. The van der Waals surface area contributed by atoms with Crippen molar-refractivity contribution in [1.82, 2.24) is 0 Å². The Morgan fingerprint density at radius 3 is 1.19 bits per heavy atom. The predicted octanol–water partition coefficient (Wildman–Crippen LogP) is 8.73. The largest absolute Gasteiger partial charge is 0.322 e. The highest BCUT2D eigenvalue weighted by Gasteiger charge is 2.28. The van der Waals surface area contributed by atoms with Crippen molar-refractivity contribution >= 4 is 0 Å². The summed E-state index contributed by atoms with van der Waals surface area (Å²) in [5.74, 6) is 0.622. The molecule has 2 unspecified atom stereocenters. The Balaban J connectivity index is 1.66. The summed E-state index contributed by atoms with van der Waals surface area (Å²) in [5, 5.41) is 0. The van der Waals surface area contributed by atoms with E-state index < -0.39 is 11.1 Å². The summed E-state index contributed by atoms with van der Waals surface area (Å²) in [4.78, 5) is 0. The Labute approximate surface area is 222 Å². The van der Waals surface area contributed by atoms with Crippen LogP contribution in [0, 0.1) is 0 Å². The second-order valence-electron chi connectivity index (χ2n) is 11.4. The van der Waals surface area contributed by atoms with E-state index in [4.69, 9.17) is 11.5 Å². The molecular formula is C35H40N2. The summed E-state index contributed by atoms with van der Waals surface area (Å²) in [6.07, 6.45) is 3.97. The van der Waals surface area contributed by atoms with E-state index >= 15 is 0 Å². The van der Waals surface area contributed by atoms with Gasteiger partial charge in [-0.3, -0.25) is 0 Å². The number of benzene rings is 4. The fourth-order valence-electron chi connectivity index (χ4n) is 5.73. The molecule has 2 nitrogen and oxygen atoms in total. The van der Waals surface area contributed by atoms with Crippen LogP contribution in [0.3, 0.4) is 0 Å². The van der Waals surface area contributed by atoms with Crippen molar-refractivity contribution in [2.45, 2.75) is 70.4 Å². The monoisotopic (exact) mass is 488 g/mol. The highest BCUT2D eigenvalue weighted by atomic mass is 14.8. The zero-order chi connectivity index (χ0) is 26.2. The van der Waals surface area contributed by atoms with Crippen molar-refractivity contribution in [3.05, 3.63) is 108 Å². The van der Waals surface area contributed by atoms with Crippen LogP contribution in [0.5, 0.6) is 0 Å². The molecule has 37 heavy (non-hydrogen) atoms. The molecule has 6 bridgehead atoms. The summed E-state index contributed by atoms with van der Waals surface area (Å²) in [7, 11) is 0. The molecule has 0 aliphatic heterocycles. The quantitative estimate of drug-likeness (QED) is 0.302. The van der Waals surface area contributed by atoms with Crippen LogP contribution in [0.1, 0.15) is 76.0 Å². The van der Waals surface area contributed by atoms with Crippen LogP contribution in [0.15, 0.2) is 91.0 Å². The topological polar surface area (TPSA) is 52.0 Å². The second kappa shape index (κ2) is 9.93. The van der Waals surface area contributed by atoms with E-state index in [0.29, 0.717) is 5.92 Å². The van der Waals surface area contributed by atoms with Gasteiger partial charge >= 0.3 is 0 Å². The minimum Gasteiger partial charge on any atom is -0.322 e. The van der Waals surface area contributed by atoms with Gasteiger partial charge in [0.15, 0.2) is 0 Å². The Kier molecular flexibility index (Phi) is 6.83. The molecule has 4 aromatic rings. The Morgan fingerprint density at radius 1 is 0.541 bits per heavy atom. The minimum atomic E-state index is -0.442. The minimum absolute atomic E-state index is 0.442. The van der Waals surface area contributed by atoms with Gasteiger partial charge in [-0.25, -0.2) is 0 Å². The average molecular weight is 489 g/mol. The van der Waals surface area contributed by atoms with Crippen molar-refractivity contribution in [2.75, 3.05) is 0 Å². The lowest BCUT2D eigenvalue weighted by Gasteiger charge is -2.32. The molecule has 0 saturated carbocycles. The maximum atomic E-state index is 6.82. The summed E-state index contributed by atoms with van der Waals surface area (Å²) in [6.45, 7) is 8.78. The molecule has 8 rings (SSSR count). The molecular weight excluding hydrogens is 448 g/mol. The fraction of sp³-hybridized carbons (Fsp3) is 0.314. The molecule has 0 spiro atoms. The molecule has 4 aromatic carbocycles. The Hall–Kier alpha value is -3.20. The first-order valence-corrected chi connectivity index (χ1v) is 13.7. The summed E-state index contributed by atoms with van der Waals surface area (Å²) in [5.41, 5.74) is 23.8. The van der Waals surface area contributed by atoms with Crippen LogP contribution < -0.4 is 11.5 Å². The van der Waals surface area contributed by atoms with Crippen molar-refractivity contribution in [3.63, 3.8) is 0 Å². The maximum Gasteiger partial charge on any atom is 0.0381 e.